The summed E-state index contributed by atoms with van der Waals surface area (Å²) in [5.41, 5.74) is 5.38. The fourth-order valence-corrected chi connectivity index (χ4v) is 1.69. The lowest BCUT2D eigenvalue weighted by atomic mass is 9.94. The fraction of sp³-hybridized carbons (Fsp3) is 0.917. The largest absolute Gasteiger partial charge is 0.384 e. The van der Waals surface area contributed by atoms with Gasteiger partial charge in [0.1, 0.15) is 0 Å². The summed E-state index contributed by atoms with van der Waals surface area (Å²) in [5.74, 6) is 0.339. The first-order valence-corrected chi connectivity index (χ1v) is 5.97. The maximum absolute atomic E-state index is 11.8. The third-order valence-corrected chi connectivity index (χ3v) is 2.90. The molecule has 3 N–H and O–H groups in total. The van der Waals surface area contributed by atoms with Crippen LogP contribution in [0.3, 0.4) is 0 Å². The van der Waals surface area contributed by atoms with Gasteiger partial charge in [0, 0.05) is 25.7 Å². The summed E-state index contributed by atoms with van der Waals surface area (Å²) in [7, 11) is 1.65. The minimum atomic E-state index is -0.168. The number of carbonyl (C=O) groups is 1. The van der Waals surface area contributed by atoms with Gasteiger partial charge in [-0.25, -0.2) is 0 Å². The number of nitrogens with one attached hydrogen (secondary N) is 1. The molecule has 0 aromatic carbocycles. The van der Waals surface area contributed by atoms with Gasteiger partial charge >= 0.3 is 0 Å². The monoisotopic (exact) mass is 230 g/mol. The second-order valence-corrected chi connectivity index (χ2v) is 4.77. The number of methoxy groups -OCH3 is 1. The molecule has 0 aromatic heterocycles. The summed E-state index contributed by atoms with van der Waals surface area (Å²) >= 11 is 0. The zero-order valence-electron chi connectivity index (χ0n) is 11.0. The molecule has 0 heterocycles. The second-order valence-electron chi connectivity index (χ2n) is 4.77. The SMILES string of the molecule is CCC(C)(CCN)NC(=O)CC(C)COC. The van der Waals surface area contributed by atoms with Gasteiger partial charge in [-0.15, -0.1) is 0 Å². The molecule has 0 rings (SSSR count). The molecule has 1 amide bonds. The van der Waals surface area contributed by atoms with E-state index in [1.165, 1.54) is 0 Å². The Balaban J connectivity index is 4.10. The number of ether oxygens (including phenoxy) is 1. The van der Waals surface area contributed by atoms with Crippen LogP contribution >= 0.6 is 0 Å². The van der Waals surface area contributed by atoms with Gasteiger partial charge in [0.05, 0.1) is 0 Å². The van der Waals surface area contributed by atoms with E-state index in [4.69, 9.17) is 10.5 Å². The Hall–Kier alpha value is -0.610. The van der Waals surface area contributed by atoms with Gasteiger partial charge in [-0.1, -0.05) is 13.8 Å². The summed E-state index contributed by atoms with van der Waals surface area (Å²) in [5, 5.41) is 3.06. The lowest BCUT2D eigenvalue weighted by molar-refractivity contribution is -0.124. The number of hydrogen-bond acceptors (Lipinski definition) is 3. The number of amides is 1. The molecule has 0 bridgehead atoms. The first-order valence-electron chi connectivity index (χ1n) is 5.97. The van der Waals surface area contributed by atoms with Crippen molar-refractivity contribution in [3.63, 3.8) is 0 Å². The molecule has 0 aliphatic rings. The van der Waals surface area contributed by atoms with Gasteiger partial charge in [0.15, 0.2) is 0 Å². The van der Waals surface area contributed by atoms with Crippen LogP contribution < -0.4 is 11.1 Å². The third-order valence-electron chi connectivity index (χ3n) is 2.90. The van der Waals surface area contributed by atoms with E-state index in [0.717, 1.165) is 12.8 Å². The zero-order valence-corrected chi connectivity index (χ0v) is 11.0. The fourth-order valence-electron chi connectivity index (χ4n) is 1.69. The van der Waals surface area contributed by atoms with Crippen molar-refractivity contribution in [2.45, 2.75) is 45.6 Å². The lowest BCUT2D eigenvalue weighted by Crippen LogP contribution is -2.47. The Bertz CT molecular complexity index is 209. The van der Waals surface area contributed by atoms with Gasteiger partial charge in [-0.3, -0.25) is 4.79 Å². The molecule has 16 heavy (non-hydrogen) atoms. The van der Waals surface area contributed by atoms with Crippen LogP contribution in [0.2, 0.25) is 0 Å². The van der Waals surface area contributed by atoms with E-state index in [-0.39, 0.29) is 17.4 Å². The topological polar surface area (TPSA) is 64.3 Å². The molecule has 0 radical (unpaired) electrons. The van der Waals surface area contributed by atoms with E-state index in [1.54, 1.807) is 7.11 Å². The summed E-state index contributed by atoms with van der Waals surface area (Å²) in [4.78, 5) is 11.8. The lowest BCUT2D eigenvalue weighted by Gasteiger charge is -2.29. The number of rotatable bonds is 8. The summed E-state index contributed by atoms with van der Waals surface area (Å²) in [6, 6.07) is 0. The first-order chi connectivity index (χ1) is 7.47. The molecule has 0 saturated carbocycles. The van der Waals surface area contributed by atoms with Crippen LogP contribution in [0.15, 0.2) is 0 Å². The van der Waals surface area contributed by atoms with Crippen molar-refractivity contribution in [1.82, 2.24) is 5.32 Å². The van der Waals surface area contributed by atoms with Crippen molar-refractivity contribution in [2.75, 3.05) is 20.3 Å². The molecule has 4 nitrogen and oxygen atoms in total. The maximum Gasteiger partial charge on any atom is 0.220 e. The molecule has 96 valence electrons. The summed E-state index contributed by atoms with van der Waals surface area (Å²) in [6.07, 6.45) is 2.22. The van der Waals surface area contributed by atoms with Crippen LogP contribution in [-0.2, 0) is 9.53 Å². The molecular weight excluding hydrogens is 204 g/mol. The van der Waals surface area contributed by atoms with Crippen LogP contribution in [0.1, 0.15) is 40.0 Å². The van der Waals surface area contributed by atoms with Crippen molar-refractivity contribution >= 4 is 5.91 Å². The summed E-state index contributed by atoms with van der Waals surface area (Å²) < 4.78 is 5.01. The van der Waals surface area contributed by atoms with Crippen LogP contribution in [0.5, 0.6) is 0 Å². The van der Waals surface area contributed by atoms with Crippen molar-refractivity contribution in [1.29, 1.82) is 0 Å². The van der Waals surface area contributed by atoms with E-state index in [0.29, 0.717) is 19.6 Å². The van der Waals surface area contributed by atoms with E-state index >= 15 is 0 Å². The number of hydrogen-bond donors (Lipinski definition) is 2. The van der Waals surface area contributed by atoms with Gasteiger partial charge in [0.2, 0.25) is 5.91 Å². The molecular formula is C12H26N2O2. The second kappa shape index (κ2) is 7.63. The zero-order chi connectivity index (χ0) is 12.6. The van der Waals surface area contributed by atoms with Crippen LogP contribution in [0.25, 0.3) is 0 Å². The van der Waals surface area contributed by atoms with Gasteiger partial charge in [0.25, 0.3) is 0 Å². The Kier molecular flexibility index (Phi) is 7.34. The molecule has 0 aromatic rings. The highest BCUT2D eigenvalue weighted by Gasteiger charge is 2.23. The molecule has 0 aliphatic heterocycles. The highest BCUT2D eigenvalue weighted by Crippen LogP contribution is 2.14. The Labute approximate surface area is 98.9 Å². The molecule has 2 atom stereocenters. The Morgan fingerprint density at radius 1 is 1.56 bits per heavy atom. The minimum Gasteiger partial charge on any atom is -0.384 e. The maximum atomic E-state index is 11.8. The van der Waals surface area contributed by atoms with E-state index < -0.39 is 0 Å². The average Bonchev–Trinajstić information content (AvgIpc) is 2.17. The highest BCUT2D eigenvalue weighted by atomic mass is 16.5. The van der Waals surface area contributed by atoms with Crippen LogP contribution in [0, 0.1) is 5.92 Å². The Morgan fingerprint density at radius 3 is 2.62 bits per heavy atom. The number of nitrogens with two attached hydrogens (primary N) is 1. The van der Waals surface area contributed by atoms with E-state index in [9.17, 15) is 4.79 Å². The first kappa shape index (κ1) is 15.4. The highest BCUT2D eigenvalue weighted by molar-refractivity contribution is 5.76. The number of carbonyl (C=O) groups excluding carboxylic acids is 1. The van der Waals surface area contributed by atoms with E-state index in [1.807, 2.05) is 13.8 Å². The molecule has 0 spiro atoms. The normalized spacial score (nSPS) is 16.6. The van der Waals surface area contributed by atoms with Crippen molar-refractivity contribution in [3.8, 4) is 0 Å². The quantitative estimate of drug-likeness (QED) is 0.660. The smallest absolute Gasteiger partial charge is 0.220 e. The predicted molar refractivity (Wildman–Crippen MR) is 66.2 cm³/mol. The van der Waals surface area contributed by atoms with Crippen LogP contribution in [-0.4, -0.2) is 31.7 Å². The molecule has 2 unspecified atom stereocenters. The van der Waals surface area contributed by atoms with E-state index in [2.05, 4.69) is 12.2 Å². The van der Waals surface area contributed by atoms with Crippen molar-refractivity contribution in [3.05, 3.63) is 0 Å². The minimum absolute atomic E-state index is 0.0855. The van der Waals surface area contributed by atoms with Gasteiger partial charge in [-0.2, -0.15) is 0 Å². The molecule has 0 fully saturated rings. The van der Waals surface area contributed by atoms with Crippen molar-refractivity contribution in [2.24, 2.45) is 11.7 Å². The average molecular weight is 230 g/mol. The predicted octanol–water partition coefficient (Wildman–Crippen LogP) is 1.29. The molecule has 4 heteroatoms. The Morgan fingerprint density at radius 2 is 2.19 bits per heavy atom. The van der Waals surface area contributed by atoms with Gasteiger partial charge in [-0.05, 0) is 32.2 Å². The molecule has 0 saturated heterocycles. The van der Waals surface area contributed by atoms with Crippen LogP contribution in [0.4, 0.5) is 0 Å². The van der Waals surface area contributed by atoms with Gasteiger partial charge < -0.3 is 15.8 Å². The standard InChI is InChI=1S/C12H26N2O2/c1-5-12(3,6-7-13)14-11(15)8-10(2)9-16-4/h10H,5-9,13H2,1-4H3,(H,14,15). The summed E-state index contributed by atoms with van der Waals surface area (Å²) in [6.45, 7) is 7.33. The molecule has 0 aliphatic carbocycles. The third kappa shape index (κ3) is 6.08. The van der Waals surface area contributed by atoms with Crippen molar-refractivity contribution < 1.29 is 9.53 Å².